The van der Waals surface area contributed by atoms with Crippen LogP contribution in [0.5, 0.6) is 0 Å². The fraction of sp³-hybridized carbons (Fsp3) is 0.846. The Labute approximate surface area is 110 Å². The molecule has 1 saturated heterocycles. The van der Waals surface area contributed by atoms with Gasteiger partial charge in [0.1, 0.15) is 0 Å². The van der Waals surface area contributed by atoms with Gasteiger partial charge in [-0.1, -0.05) is 26.8 Å². The third-order valence-corrected chi connectivity index (χ3v) is 5.45. The molecule has 0 aromatic heterocycles. The third kappa shape index (κ3) is 2.95. The summed E-state index contributed by atoms with van der Waals surface area (Å²) >= 11 is 0. The molecule has 0 aromatic rings. The summed E-state index contributed by atoms with van der Waals surface area (Å²) < 4.78 is 23.2. The number of nitrogens with one attached hydrogen (secondary N) is 1. The third-order valence-electron chi connectivity index (χ3n) is 4.07. The molecule has 5 heteroatoms. The molecule has 0 radical (unpaired) electrons. The molecule has 2 heterocycles. The Kier molecular flexibility index (Phi) is 4.14. The van der Waals surface area contributed by atoms with Crippen LogP contribution in [0.15, 0.2) is 11.5 Å². The van der Waals surface area contributed by atoms with Crippen molar-refractivity contribution in [3.8, 4) is 0 Å². The Hall–Kier alpha value is -0.390. The maximum absolute atomic E-state index is 11.6. The normalized spacial score (nSPS) is 36.3. The molecule has 2 aliphatic rings. The van der Waals surface area contributed by atoms with Crippen molar-refractivity contribution in [3.05, 3.63) is 11.5 Å². The number of hydrogen-bond acceptors (Lipinski definition) is 4. The smallest absolute Gasteiger partial charge is 0.173 e. The summed E-state index contributed by atoms with van der Waals surface area (Å²) in [5.41, 5.74) is 0. The predicted octanol–water partition coefficient (Wildman–Crippen LogP) is 1.01. The van der Waals surface area contributed by atoms with E-state index in [2.05, 4.69) is 31.0 Å². The fourth-order valence-corrected chi connectivity index (χ4v) is 4.21. The minimum atomic E-state index is -2.96. The van der Waals surface area contributed by atoms with Gasteiger partial charge >= 0.3 is 0 Å². The molecular weight excluding hydrogens is 248 g/mol. The van der Waals surface area contributed by atoms with Gasteiger partial charge in [0.05, 0.1) is 5.75 Å². The largest absolute Gasteiger partial charge is 0.311 e. The summed E-state index contributed by atoms with van der Waals surface area (Å²) in [6, 6.07) is 0.978. The Bertz CT molecular complexity index is 417. The Morgan fingerprint density at radius 2 is 2.17 bits per heavy atom. The average molecular weight is 272 g/mol. The van der Waals surface area contributed by atoms with Gasteiger partial charge in [-0.2, -0.15) is 0 Å². The van der Waals surface area contributed by atoms with Crippen LogP contribution in [0.2, 0.25) is 0 Å². The molecular formula is C13H24N2O2S. The topological polar surface area (TPSA) is 49.4 Å². The highest BCUT2D eigenvalue weighted by atomic mass is 32.2. The molecule has 104 valence electrons. The van der Waals surface area contributed by atoms with Gasteiger partial charge in [0.25, 0.3) is 0 Å². The molecule has 0 bridgehead atoms. The molecule has 0 amide bonds. The predicted molar refractivity (Wildman–Crippen MR) is 74.1 cm³/mol. The van der Waals surface area contributed by atoms with E-state index in [1.54, 1.807) is 0 Å². The minimum absolute atomic E-state index is 0.0681. The van der Waals surface area contributed by atoms with E-state index in [4.69, 9.17) is 0 Å². The van der Waals surface area contributed by atoms with E-state index in [0.717, 1.165) is 19.5 Å². The Balaban J connectivity index is 2.13. The van der Waals surface area contributed by atoms with E-state index >= 15 is 0 Å². The van der Waals surface area contributed by atoms with Crippen LogP contribution in [-0.2, 0) is 9.84 Å². The van der Waals surface area contributed by atoms with Crippen molar-refractivity contribution in [2.75, 3.05) is 18.8 Å². The first-order chi connectivity index (χ1) is 8.43. The van der Waals surface area contributed by atoms with Gasteiger partial charge in [-0.3, -0.25) is 4.90 Å². The van der Waals surface area contributed by atoms with Crippen LogP contribution in [0.3, 0.4) is 0 Å². The van der Waals surface area contributed by atoms with Crippen molar-refractivity contribution in [1.29, 1.82) is 0 Å². The first kappa shape index (κ1) is 14.0. The lowest BCUT2D eigenvalue weighted by Crippen LogP contribution is -2.61. The van der Waals surface area contributed by atoms with Crippen LogP contribution in [0.25, 0.3) is 0 Å². The van der Waals surface area contributed by atoms with Crippen molar-refractivity contribution in [2.45, 2.75) is 45.3 Å². The number of rotatable bonds is 3. The zero-order chi connectivity index (χ0) is 13.3. The second-order valence-corrected chi connectivity index (χ2v) is 7.68. The quantitative estimate of drug-likeness (QED) is 0.833. The maximum atomic E-state index is 11.6. The van der Waals surface area contributed by atoms with Gasteiger partial charge in [0.2, 0.25) is 0 Å². The first-order valence-electron chi connectivity index (χ1n) is 6.83. The van der Waals surface area contributed by atoms with E-state index in [0.29, 0.717) is 18.0 Å². The van der Waals surface area contributed by atoms with Crippen molar-refractivity contribution in [1.82, 2.24) is 10.2 Å². The van der Waals surface area contributed by atoms with Crippen molar-refractivity contribution >= 4 is 9.84 Å². The highest BCUT2D eigenvalue weighted by molar-refractivity contribution is 7.94. The standard InChI is InChI=1S/C13H24N2O2S/c1-4-11-8-15(13(7-14-11)10(2)3)12-5-6-18(16,17)9-12/h5-6,10-14H,4,7-9H2,1-3H3. The molecule has 0 aliphatic carbocycles. The molecule has 3 atom stereocenters. The van der Waals surface area contributed by atoms with Gasteiger partial charge in [-0.05, 0) is 12.3 Å². The zero-order valence-corrected chi connectivity index (χ0v) is 12.3. The fourth-order valence-electron chi connectivity index (χ4n) is 2.90. The second-order valence-electron chi connectivity index (χ2n) is 5.75. The van der Waals surface area contributed by atoms with Gasteiger partial charge in [0, 0.05) is 36.6 Å². The van der Waals surface area contributed by atoms with E-state index < -0.39 is 9.84 Å². The van der Waals surface area contributed by atoms with Gasteiger partial charge < -0.3 is 5.32 Å². The lowest BCUT2D eigenvalue weighted by Gasteiger charge is -2.44. The SMILES string of the molecule is CCC1CN(C2C=CS(=O)(=O)C2)C(C(C)C)CN1. The van der Waals surface area contributed by atoms with Gasteiger partial charge in [0.15, 0.2) is 9.84 Å². The zero-order valence-electron chi connectivity index (χ0n) is 11.5. The molecule has 3 unspecified atom stereocenters. The number of sulfone groups is 1. The van der Waals surface area contributed by atoms with Crippen molar-refractivity contribution in [2.24, 2.45) is 5.92 Å². The summed E-state index contributed by atoms with van der Waals surface area (Å²) in [6.45, 7) is 8.49. The number of hydrogen-bond donors (Lipinski definition) is 1. The number of nitrogens with zero attached hydrogens (tertiary/aromatic N) is 1. The number of piperazine rings is 1. The van der Waals surface area contributed by atoms with Crippen LogP contribution >= 0.6 is 0 Å². The van der Waals surface area contributed by atoms with Crippen LogP contribution in [-0.4, -0.2) is 50.3 Å². The lowest BCUT2D eigenvalue weighted by molar-refractivity contribution is 0.0801. The van der Waals surface area contributed by atoms with Crippen LogP contribution in [0.4, 0.5) is 0 Å². The summed E-state index contributed by atoms with van der Waals surface area (Å²) in [5, 5.41) is 4.95. The van der Waals surface area contributed by atoms with Crippen molar-refractivity contribution in [3.63, 3.8) is 0 Å². The van der Waals surface area contributed by atoms with Crippen LogP contribution in [0, 0.1) is 5.92 Å². The van der Waals surface area contributed by atoms with E-state index in [1.165, 1.54) is 5.41 Å². The van der Waals surface area contributed by atoms with Gasteiger partial charge in [-0.15, -0.1) is 0 Å². The summed E-state index contributed by atoms with van der Waals surface area (Å²) in [7, 11) is -2.96. The highest BCUT2D eigenvalue weighted by Gasteiger charge is 2.36. The molecule has 18 heavy (non-hydrogen) atoms. The second kappa shape index (κ2) is 5.31. The van der Waals surface area contributed by atoms with E-state index in [9.17, 15) is 8.42 Å². The molecule has 0 saturated carbocycles. The first-order valence-corrected chi connectivity index (χ1v) is 8.54. The highest BCUT2D eigenvalue weighted by Crippen LogP contribution is 2.23. The molecule has 1 N–H and O–H groups in total. The monoisotopic (exact) mass is 272 g/mol. The molecule has 2 rings (SSSR count). The van der Waals surface area contributed by atoms with Crippen molar-refractivity contribution < 1.29 is 8.42 Å². The Morgan fingerprint density at radius 3 is 2.67 bits per heavy atom. The molecule has 2 aliphatic heterocycles. The molecule has 0 spiro atoms. The Morgan fingerprint density at radius 1 is 1.44 bits per heavy atom. The van der Waals surface area contributed by atoms with E-state index in [1.807, 2.05) is 6.08 Å². The maximum Gasteiger partial charge on any atom is 0.173 e. The summed E-state index contributed by atoms with van der Waals surface area (Å²) in [5.74, 6) is 0.791. The minimum Gasteiger partial charge on any atom is -0.311 e. The average Bonchev–Trinajstić information content (AvgIpc) is 2.68. The van der Waals surface area contributed by atoms with Crippen LogP contribution in [0.1, 0.15) is 27.2 Å². The summed E-state index contributed by atoms with van der Waals surface area (Å²) in [6.07, 6.45) is 2.95. The van der Waals surface area contributed by atoms with Gasteiger partial charge in [-0.25, -0.2) is 8.42 Å². The molecule has 4 nitrogen and oxygen atoms in total. The van der Waals surface area contributed by atoms with Crippen LogP contribution < -0.4 is 5.32 Å². The lowest BCUT2D eigenvalue weighted by atomic mass is 9.96. The van der Waals surface area contributed by atoms with E-state index in [-0.39, 0.29) is 11.8 Å². The summed E-state index contributed by atoms with van der Waals surface area (Å²) in [4.78, 5) is 2.39. The molecule has 0 aromatic carbocycles. The molecule has 1 fully saturated rings.